The van der Waals surface area contributed by atoms with E-state index in [2.05, 4.69) is 11.1 Å². The lowest BCUT2D eigenvalue weighted by Gasteiger charge is -2.34. The van der Waals surface area contributed by atoms with Crippen LogP contribution in [0.15, 0.2) is 30.5 Å². The Morgan fingerprint density at radius 1 is 1.30 bits per heavy atom. The molecule has 2 unspecified atom stereocenters. The summed E-state index contributed by atoms with van der Waals surface area (Å²) >= 11 is 0. The molecule has 2 atom stereocenters. The number of rotatable bonds is 4. The molecule has 5 nitrogen and oxygen atoms in total. The van der Waals surface area contributed by atoms with Crippen molar-refractivity contribution < 1.29 is 14.7 Å². The van der Waals surface area contributed by atoms with E-state index in [1.54, 1.807) is 4.90 Å². The number of aromatic nitrogens is 1. The van der Waals surface area contributed by atoms with Crippen LogP contribution in [0.2, 0.25) is 0 Å². The number of nitrogens with one attached hydrogen (secondary N) is 1. The molecule has 1 aliphatic heterocycles. The van der Waals surface area contributed by atoms with Crippen LogP contribution in [-0.2, 0) is 16.0 Å². The number of hydrogen-bond acceptors (Lipinski definition) is 2. The number of para-hydroxylation sites is 1. The number of benzene rings is 1. The predicted octanol–water partition coefficient (Wildman–Crippen LogP) is 2.67. The van der Waals surface area contributed by atoms with Gasteiger partial charge in [-0.2, -0.15) is 0 Å². The molecule has 3 rings (SSSR count). The van der Waals surface area contributed by atoms with E-state index in [0.29, 0.717) is 32.4 Å². The van der Waals surface area contributed by atoms with Gasteiger partial charge in [-0.25, -0.2) is 0 Å². The average Bonchev–Trinajstić information content (AvgIpc) is 2.95. The number of aliphatic carboxylic acids is 1. The minimum Gasteiger partial charge on any atom is -0.481 e. The molecule has 0 aliphatic carbocycles. The van der Waals surface area contributed by atoms with Crippen molar-refractivity contribution in [1.82, 2.24) is 9.88 Å². The molecule has 1 amide bonds. The van der Waals surface area contributed by atoms with Crippen LogP contribution in [0.3, 0.4) is 0 Å². The van der Waals surface area contributed by atoms with Gasteiger partial charge in [-0.1, -0.05) is 25.1 Å². The smallest absolute Gasteiger partial charge is 0.308 e. The molecule has 1 aromatic carbocycles. The van der Waals surface area contributed by atoms with Gasteiger partial charge in [0.25, 0.3) is 0 Å². The highest BCUT2D eigenvalue weighted by molar-refractivity contribution is 5.84. The third kappa shape index (κ3) is 3.38. The molecule has 122 valence electrons. The molecule has 1 saturated heterocycles. The maximum atomic E-state index is 12.5. The molecular weight excluding hydrogens is 292 g/mol. The van der Waals surface area contributed by atoms with Gasteiger partial charge in [-0.3, -0.25) is 9.59 Å². The van der Waals surface area contributed by atoms with E-state index < -0.39 is 11.9 Å². The van der Waals surface area contributed by atoms with Gasteiger partial charge in [0.1, 0.15) is 0 Å². The number of aryl methyl sites for hydroxylation is 1. The summed E-state index contributed by atoms with van der Waals surface area (Å²) in [5.74, 6) is -0.947. The second-order valence-corrected chi connectivity index (χ2v) is 6.53. The van der Waals surface area contributed by atoms with Gasteiger partial charge in [0.15, 0.2) is 0 Å². The van der Waals surface area contributed by atoms with Gasteiger partial charge in [0.05, 0.1) is 5.92 Å². The van der Waals surface area contributed by atoms with E-state index in [4.69, 9.17) is 0 Å². The van der Waals surface area contributed by atoms with Crippen molar-refractivity contribution in [3.05, 3.63) is 36.0 Å². The highest BCUT2D eigenvalue weighted by Crippen LogP contribution is 2.24. The van der Waals surface area contributed by atoms with E-state index in [1.807, 2.05) is 31.3 Å². The van der Waals surface area contributed by atoms with Crippen LogP contribution in [0.5, 0.6) is 0 Å². The topological polar surface area (TPSA) is 73.4 Å². The first-order chi connectivity index (χ1) is 11.0. The highest BCUT2D eigenvalue weighted by atomic mass is 16.4. The monoisotopic (exact) mass is 314 g/mol. The largest absolute Gasteiger partial charge is 0.481 e. The Balaban J connectivity index is 1.63. The summed E-state index contributed by atoms with van der Waals surface area (Å²) in [4.78, 5) is 28.6. The minimum atomic E-state index is -0.800. The van der Waals surface area contributed by atoms with Crippen molar-refractivity contribution in [1.29, 1.82) is 0 Å². The van der Waals surface area contributed by atoms with Crippen LogP contribution >= 0.6 is 0 Å². The summed E-state index contributed by atoms with van der Waals surface area (Å²) in [7, 11) is 0. The number of likely N-dealkylation sites (tertiary alicyclic amines) is 1. The van der Waals surface area contributed by atoms with Crippen molar-refractivity contribution in [2.24, 2.45) is 11.8 Å². The van der Waals surface area contributed by atoms with Crippen molar-refractivity contribution in [2.75, 3.05) is 13.1 Å². The van der Waals surface area contributed by atoms with E-state index in [9.17, 15) is 14.7 Å². The molecule has 2 aromatic rings. The van der Waals surface area contributed by atoms with Crippen molar-refractivity contribution in [3.8, 4) is 0 Å². The summed E-state index contributed by atoms with van der Waals surface area (Å²) in [5, 5.41) is 10.4. The normalized spacial score (nSPS) is 21.5. The van der Waals surface area contributed by atoms with Crippen molar-refractivity contribution >= 4 is 22.8 Å². The molecule has 0 bridgehead atoms. The molecule has 0 saturated carbocycles. The highest BCUT2D eigenvalue weighted by Gasteiger charge is 2.31. The maximum Gasteiger partial charge on any atom is 0.308 e. The molecule has 23 heavy (non-hydrogen) atoms. The fraction of sp³-hybridized carbons (Fsp3) is 0.444. The molecule has 5 heteroatoms. The zero-order chi connectivity index (χ0) is 16.4. The van der Waals surface area contributed by atoms with E-state index in [-0.39, 0.29) is 11.8 Å². The Hall–Kier alpha value is -2.30. The first kappa shape index (κ1) is 15.6. The third-order valence-corrected chi connectivity index (χ3v) is 4.64. The van der Waals surface area contributed by atoms with E-state index in [1.165, 1.54) is 0 Å². The van der Waals surface area contributed by atoms with Gasteiger partial charge in [0.2, 0.25) is 5.91 Å². The van der Waals surface area contributed by atoms with Gasteiger partial charge < -0.3 is 15.0 Å². The van der Waals surface area contributed by atoms with Crippen LogP contribution in [0.25, 0.3) is 10.9 Å². The molecule has 0 radical (unpaired) electrons. The van der Waals surface area contributed by atoms with Crippen molar-refractivity contribution in [2.45, 2.75) is 26.2 Å². The number of piperidine rings is 1. The Bertz CT molecular complexity index is 722. The summed E-state index contributed by atoms with van der Waals surface area (Å²) in [6.07, 6.45) is 3.70. The number of carbonyl (C=O) groups is 2. The first-order valence-electron chi connectivity index (χ1n) is 8.10. The van der Waals surface area contributed by atoms with Gasteiger partial charge in [0, 0.05) is 36.6 Å². The van der Waals surface area contributed by atoms with Crippen LogP contribution in [0, 0.1) is 11.8 Å². The standard InChI is InChI=1S/C18H22N2O3/c1-12-8-14(18(22)23)11-20(10-12)17(21)7-6-13-9-19-16-5-3-2-4-15(13)16/h2-5,9,12,14,19H,6-8,10-11H2,1H3,(H,22,23). The minimum absolute atomic E-state index is 0.0491. The number of hydrogen-bond donors (Lipinski definition) is 2. The van der Waals surface area contributed by atoms with Gasteiger partial charge >= 0.3 is 5.97 Å². The molecule has 2 N–H and O–H groups in total. The van der Waals surface area contributed by atoms with Crippen LogP contribution < -0.4 is 0 Å². The lowest BCUT2D eigenvalue weighted by atomic mass is 9.90. The fourth-order valence-corrected chi connectivity index (χ4v) is 3.47. The number of nitrogens with zero attached hydrogens (tertiary/aromatic N) is 1. The van der Waals surface area contributed by atoms with Gasteiger partial charge in [-0.05, 0) is 30.4 Å². The Labute approximate surface area is 135 Å². The van der Waals surface area contributed by atoms with Crippen LogP contribution in [-0.4, -0.2) is 40.0 Å². The van der Waals surface area contributed by atoms with Gasteiger partial charge in [-0.15, -0.1) is 0 Å². The van der Waals surface area contributed by atoms with Crippen LogP contribution in [0.1, 0.15) is 25.3 Å². The summed E-state index contributed by atoms with van der Waals surface area (Å²) in [6, 6.07) is 8.04. The summed E-state index contributed by atoms with van der Waals surface area (Å²) in [6.45, 7) is 3.01. The van der Waals surface area contributed by atoms with E-state index in [0.717, 1.165) is 16.5 Å². The van der Waals surface area contributed by atoms with Crippen LogP contribution in [0.4, 0.5) is 0 Å². The average molecular weight is 314 g/mol. The summed E-state index contributed by atoms with van der Waals surface area (Å²) < 4.78 is 0. The number of amides is 1. The zero-order valence-electron chi connectivity index (χ0n) is 13.3. The Morgan fingerprint density at radius 3 is 2.87 bits per heavy atom. The third-order valence-electron chi connectivity index (χ3n) is 4.64. The second kappa shape index (κ2) is 6.44. The number of fused-ring (bicyclic) bond motifs is 1. The number of carboxylic acid groups (broad SMARTS) is 1. The lowest BCUT2D eigenvalue weighted by molar-refractivity contribution is -0.146. The molecule has 1 aliphatic rings. The number of aromatic amines is 1. The number of carboxylic acids is 1. The zero-order valence-corrected chi connectivity index (χ0v) is 13.3. The fourth-order valence-electron chi connectivity index (χ4n) is 3.47. The molecule has 1 fully saturated rings. The SMILES string of the molecule is CC1CC(C(=O)O)CN(C(=O)CCc2c[nH]c3ccccc23)C1. The van der Waals surface area contributed by atoms with E-state index >= 15 is 0 Å². The second-order valence-electron chi connectivity index (χ2n) is 6.53. The number of carbonyl (C=O) groups excluding carboxylic acids is 1. The molecule has 2 heterocycles. The summed E-state index contributed by atoms with van der Waals surface area (Å²) in [5.41, 5.74) is 2.21. The lowest BCUT2D eigenvalue weighted by Crippen LogP contribution is -2.45. The predicted molar refractivity (Wildman–Crippen MR) is 88.1 cm³/mol. The van der Waals surface area contributed by atoms with Crippen molar-refractivity contribution in [3.63, 3.8) is 0 Å². The Kier molecular flexibility index (Phi) is 4.37. The Morgan fingerprint density at radius 2 is 2.09 bits per heavy atom. The molecular formula is C18H22N2O3. The molecule has 0 spiro atoms. The number of H-pyrrole nitrogens is 1. The molecule has 1 aromatic heterocycles. The first-order valence-corrected chi connectivity index (χ1v) is 8.10. The maximum absolute atomic E-state index is 12.5. The quantitative estimate of drug-likeness (QED) is 0.911.